The second-order valence-corrected chi connectivity index (χ2v) is 6.47. The van der Waals surface area contributed by atoms with Gasteiger partial charge in [0.15, 0.2) is 6.10 Å². The van der Waals surface area contributed by atoms with Gasteiger partial charge in [-0.25, -0.2) is 0 Å². The van der Waals surface area contributed by atoms with Crippen molar-refractivity contribution in [3.8, 4) is 11.5 Å². The lowest BCUT2D eigenvalue weighted by molar-refractivity contribution is -0.128. The Hall–Kier alpha value is -2.72. The van der Waals surface area contributed by atoms with E-state index in [9.17, 15) is 4.79 Å². The van der Waals surface area contributed by atoms with Crippen LogP contribution in [0.3, 0.4) is 0 Å². The highest BCUT2D eigenvalue weighted by molar-refractivity contribution is 6.32. The highest BCUT2D eigenvalue weighted by Crippen LogP contribution is 2.26. The SMILES string of the molecule is CC[C@@H](Oc1cccc2ccccc12)C(=O)NCCOc1ccccc1Cl. The Labute approximate surface area is 164 Å². The van der Waals surface area contributed by atoms with Crippen LogP contribution in [0.1, 0.15) is 13.3 Å². The van der Waals surface area contributed by atoms with E-state index in [1.807, 2.05) is 61.5 Å². The standard InChI is InChI=1S/C22H22ClNO3/c1-2-19(27-20-13-7-9-16-8-3-4-10-17(16)20)22(25)24-14-15-26-21-12-6-5-11-18(21)23/h3-13,19H,2,14-15H2,1H3,(H,24,25)/t19-/m1/s1. The number of hydrogen-bond donors (Lipinski definition) is 1. The first-order chi connectivity index (χ1) is 13.2. The van der Waals surface area contributed by atoms with Gasteiger partial charge in [0.25, 0.3) is 5.91 Å². The third-order valence-corrected chi connectivity index (χ3v) is 4.49. The Balaban J connectivity index is 1.55. The summed E-state index contributed by atoms with van der Waals surface area (Å²) in [6.45, 7) is 2.63. The van der Waals surface area contributed by atoms with E-state index >= 15 is 0 Å². The summed E-state index contributed by atoms with van der Waals surface area (Å²) in [5.74, 6) is 1.16. The van der Waals surface area contributed by atoms with Crippen molar-refractivity contribution in [1.82, 2.24) is 5.32 Å². The van der Waals surface area contributed by atoms with Gasteiger partial charge in [0, 0.05) is 5.39 Å². The van der Waals surface area contributed by atoms with Crippen molar-refractivity contribution in [2.24, 2.45) is 0 Å². The number of fused-ring (bicyclic) bond motifs is 1. The molecular weight excluding hydrogens is 362 g/mol. The summed E-state index contributed by atoms with van der Waals surface area (Å²) in [5, 5.41) is 5.49. The minimum atomic E-state index is -0.559. The number of rotatable bonds is 8. The molecule has 140 valence electrons. The lowest BCUT2D eigenvalue weighted by Gasteiger charge is -2.18. The third-order valence-electron chi connectivity index (χ3n) is 4.18. The third kappa shape index (κ3) is 4.92. The lowest BCUT2D eigenvalue weighted by atomic mass is 10.1. The van der Waals surface area contributed by atoms with E-state index in [4.69, 9.17) is 21.1 Å². The summed E-state index contributed by atoms with van der Waals surface area (Å²) in [6, 6.07) is 21.1. The van der Waals surface area contributed by atoms with E-state index in [1.54, 1.807) is 12.1 Å². The minimum absolute atomic E-state index is 0.159. The van der Waals surface area contributed by atoms with Crippen LogP contribution in [0, 0.1) is 0 Å². The topological polar surface area (TPSA) is 47.6 Å². The Morgan fingerprint density at radius 2 is 1.70 bits per heavy atom. The molecule has 0 radical (unpaired) electrons. The molecule has 3 rings (SSSR count). The number of amides is 1. The number of ether oxygens (including phenoxy) is 2. The first kappa shape index (κ1) is 19.1. The number of benzene rings is 3. The summed E-state index contributed by atoms with van der Waals surface area (Å²) < 4.78 is 11.6. The van der Waals surface area contributed by atoms with Gasteiger partial charge in [0.2, 0.25) is 0 Å². The van der Waals surface area contributed by atoms with Crippen LogP contribution in [-0.2, 0) is 4.79 Å². The summed E-state index contributed by atoms with van der Waals surface area (Å²) in [6.07, 6.45) is 0.0107. The van der Waals surface area contributed by atoms with Crippen LogP contribution in [-0.4, -0.2) is 25.2 Å². The quantitative estimate of drug-likeness (QED) is 0.566. The van der Waals surface area contributed by atoms with Gasteiger partial charge in [-0.2, -0.15) is 0 Å². The van der Waals surface area contributed by atoms with Crippen molar-refractivity contribution in [2.75, 3.05) is 13.2 Å². The molecular formula is C22H22ClNO3. The van der Waals surface area contributed by atoms with Crippen molar-refractivity contribution in [2.45, 2.75) is 19.4 Å². The fraction of sp³-hybridized carbons (Fsp3) is 0.227. The normalized spacial score (nSPS) is 11.8. The predicted molar refractivity (Wildman–Crippen MR) is 109 cm³/mol. The molecule has 0 saturated carbocycles. The van der Waals surface area contributed by atoms with Gasteiger partial charge < -0.3 is 14.8 Å². The van der Waals surface area contributed by atoms with Crippen molar-refractivity contribution in [1.29, 1.82) is 0 Å². The molecule has 1 N–H and O–H groups in total. The first-order valence-electron chi connectivity index (χ1n) is 8.98. The summed E-state index contributed by atoms with van der Waals surface area (Å²) in [7, 11) is 0. The molecule has 4 nitrogen and oxygen atoms in total. The molecule has 0 aliphatic carbocycles. The summed E-state index contributed by atoms with van der Waals surface area (Å²) >= 11 is 6.04. The highest BCUT2D eigenvalue weighted by atomic mass is 35.5. The van der Waals surface area contributed by atoms with Crippen LogP contribution < -0.4 is 14.8 Å². The fourth-order valence-corrected chi connectivity index (χ4v) is 2.98. The predicted octanol–water partition coefficient (Wildman–Crippen LogP) is 4.85. The van der Waals surface area contributed by atoms with E-state index in [-0.39, 0.29) is 5.91 Å². The van der Waals surface area contributed by atoms with Crippen LogP contribution in [0.15, 0.2) is 66.7 Å². The number of nitrogens with one attached hydrogen (secondary N) is 1. The maximum absolute atomic E-state index is 12.5. The summed E-state index contributed by atoms with van der Waals surface area (Å²) in [5.41, 5.74) is 0. The van der Waals surface area contributed by atoms with Crippen molar-refractivity contribution >= 4 is 28.3 Å². The van der Waals surface area contributed by atoms with Crippen LogP contribution in [0.5, 0.6) is 11.5 Å². The monoisotopic (exact) mass is 383 g/mol. The number of hydrogen-bond acceptors (Lipinski definition) is 3. The molecule has 0 aromatic heterocycles. The molecule has 0 aliphatic heterocycles. The molecule has 1 amide bonds. The van der Waals surface area contributed by atoms with Gasteiger partial charge in [0.05, 0.1) is 11.6 Å². The molecule has 0 saturated heterocycles. The van der Waals surface area contributed by atoms with Gasteiger partial charge in [-0.15, -0.1) is 0 Å². The molecule has 3 aromatic carbocycles. The highest BCUT2D eigenvalue weighted by Gasteiger charge is 2.19. The molecule has 0 bridgehead atoms. The molecule has 0 fully saturated rings. The molecule has 0 spiro atoms. The van der Waals surface area contributed by atoms with Crippen molar-refractivity contribution in [3.05, 3.63) is 71.8 Å². The Bertz CT molecular complexity index is 907. The van der Waals surface area contributed by atoms with Crippen LogP contribution in [0.25, 0.3) is 10.8 Å². The number of carbonyl (C=O) groups is 1. The summed E-state index contributed by atoms with van der Waals surface area (Å²) in [4.78, 5) is 12.5. The maximum atomic E-state index is 12.5. The number of carbonyl (C=O) groups excluding carboxylic acids is 1. The van der Waals surface area contributed by atoms with Crippen LogP contribution in [0.4, 0.5) is 0 Å². The van der Waals surface area contributed by atoms with Crippen LogP contribution >= 0.6 is 11.6 Å². The first-order valence-corrected chi connectivity index (χ1v) is 9.36. The maximum Gasteiger partial charge on any atom is 0.261 e. The average molecular weight is 384 g/mol. The Morgan fingerprint density at radius 3 is 2.52 bits per heavy atom. The molecule has 27 heavy (non-hydrogen) atoms. The molecule has 0 heterocycles. The van der Waals surface area contributed by atoms with Crippen molar-refractivity contribution < 1.29 is 14.3 Å². The zero-order valence-corrected chi connectivity index (χ0v) is 15.9. The van der Waals surface area contributed by atoms with Crippen LogP contribution in [0.2, 0.25) is 5.02 Å². The van der Waals surface area contributed by atoms with E-state index in [1.165, 1.54) is 0 Å². The fourth-order valence-electron chi connectivity index (χ4n) is 2.78. The van der Waals surface area contributed by atoms with E-state index in [2.05, 4.69) is 5.32 Å². The Morgan fingerprint density at radius 1 is 1.00 bits per heavy atom. The zero-order chi connectivity index (χ0) is 19.1. The average Bonchev–Trinajstić information content (AvgIpc) is 2.70. The molecule has 0 unspecified atom stereocenters. The van der Waals surface area contributed by atoms with Gasteiger partial charge in [-0.05, 0) is 30.0 Å². The van der Waals surface area contributed by atoms with Gasteiger partial charge in [0.1, 0.15) is 18.1 Å². The lowest BCUT2D eigenvalue weighted by Crippen LogP contribution is -2.39. The zero-order valence-electron chi connectivity index (χ0n) is 15.2. The van der Waals surface area contributed by atoms with Gasteiger partial charge in [-0.3, -0.25) is 4.79 Å². The number of para-hydroxylation sites is 1. The molecule has 3 aromatic rings. The second kappa shape index (κ2) is 9.28. The Kier molecular flexibility index (Phi) is 6.55. The van der Waals surface area contributed by atoms with Gasteiger partial charge >= 0.3 is 0 Å². The van der Waals surface area contributed by atoms with E-state index in [0.717, 1.165) is 10.8 Å². The largest absolute Gasteiger partial charge is 0.490 e. The van der Waals surface area contributed by atoms with E-state index < -0.39 is 6.10 Å². The van der Waals surface area contributed by atoms with E-state index in [0.29, 0.717) is 36.1 Å². The second-order valence-electron chi connectivity index (χ2n) is 6.06. The molecule has 1 atom stereocenters. The molecule has 5 heteroatoms. The minimum Gasteiger partial charge on any atom is -0.490 e. The molecule has 0 aliphatic rings. The smallest absolute Gasteiger partial charge is 0.261 e. The van der Waals surface area contributed by atoms with Crippen molar-refractivity contribution in [3.63, 3.8) is 0 Å². The number of halogens is 1. The van der Waals surface area contributed by atoms with Gasteiger partial charge in [-0.1, -0.05) is 67.1 Å².